The molecule has 2 rings (SSSR count). The molecule has 0 bridgehead atoms. The van der Waals surface area contributed by atoms with Gasteiger partial charge in [-0.25, -0.2) is 0 Å². The Morgan fingerprint density at radius 3 is 2.89 bits per heavy atom. The Morgan fingerprint density at radius 2 is 2.33 bits per heavy atom. The van der Waals surface area contributed by atoms with Gasteiger partial charge in [-0.05, 0) is 30.7 Å². The monoisotopic (exact) mass is 267 g/mol. The van der Waals surface area contributed by atoms with E-state index >= 15 is 0 Å². The van der Waals surface area contributed by atoms with Crippen molar-refractivity contribution in [2.75, 3.05) is 6.54 Å². The van der Waals surface area contributed by atoms with Gasteiger partial charge in [0.15, 0.2) is 0 Å². The fraction of sp³-hybridized carbons (Fsp3) is 0.643. The fourth-order valence-corrected chi connectivity index (χ4v) is 3.29. The SMILES string of the molecule is CC(C)(CNC(=O)C1CCCC1O)c1cccs1. The van der Waals surface area contributed by atoms with Gasteiger partial charge in [-0.15, -0.1) is 11.3 Å². The molecule has 0 radical (unpaired) electrons. The van der Waals surface area contributed by atoms with Crippen LogP contribution in [0.1, 0.15) is 38.0 Å². The highest BCUT2D eigenvalue weighted by atomic mass is 32.1. The van der Waals surface area contributed by atoms with Gasteiger partial charge in [0.25, 0.3) is 0 Å². The zero-order valence-electron chi connectivity index (χ0n) is 11.0. The molecule has 0 aromatic carbocycles. The van der Waals surface area contributed by atoms with Crippen LogP contribution in [0, 0.1) is 5.92 Å². The summed E-state index contributed by atoms with van der Waals surface area (Å²) in [6, 6.07) is 4.13. The van der Waals surface area contributed by atoms with Gasteiger partial charge in [-0.2, -0.15) is 0 Å². The van der Waals surface area contributed by atoms with E-state index < -0.39 is 6.10 Å². The van der Waals surface area contributed by atoms with E-state index in [9.17, 15) is 9.90 Å². The molecule has 2 atom stereocenters. The molecular formula is C14H21NO2S. The third-order valence-corrected chi connectivity index (χ3v) is 4.94. The molecule has 18 heavy (non-hydrogen) atoms. The predicted molar refractivity (Wildman–Crippen MR) is 73.7 cm³/mol. The molecule has 1 heterocycles. The maximum atomic E-state index is 12.0. The third-order valence-electron chi connectivity index (χ3n) is 3.71. The Bertz CT molecular complexity index is 400. The van der Waals surface area contributed by atoms with Crippen LogP contribution in [0.3, 0.4) is 0 Å². The quantitative estimate of drug-likeness (QED) is 0.879. The second-order valence-electron chi connectivity index (χ2n) is 5.68. The molecule has 1 aromatic heterocycles. The molecule has 1 aliphatic rings. The lowest BCUT2D eigenvalue weighted by atomic mass is 9.91. The van der Waals surface area contributed by atoms with Crippen molar-refractivity contribution in [3.63, 3.8) is 0 Å². The van der Waals surface area contributed by atoms with Crippen molar-refractivity contribution in [3.05, 3.63) is 22.4 Å². The van der Waals surface area contributed by atoms with Gasteiger partial charge in [-0.3, -0.25) is 4.79 Å². The van der Waals surface area contributed by atoms with Gasteiger partial charge in [0.2, 0.25) is 5.91 Å². The molecule has 3 nitrogen and oxygen atoms in total. The molecular weight excluding hydrogens is 246 g/mol. The molecule has 1 fully saturated rings. The zero-order valence-corrected chi connectivity index (χ0v) is 11.8. The summed E-state index contributed by atoms with van der Waals surface area (Å²) in [5.74, 6) is -0.200. The minimum absolute atomic E-state index is 0.00429. The molecule has 1 saturated carbocycles. The second kappa shape index (κ2) is 5.41. The Labute approximate surface area is 112 Å². The number of hydrogen-bond acceptors (Lipinski definition) is 3. The van der Waals surface area contributed by atoms with E-state index in [4.69, 9.17) is 0 Å². The summed E-state index contributed by atoms with van der Waals surface area (Å²) in [6.45, 7) is 4.88. The van der Waals surface area contributed by atoms with E-state index in [1.807, 2.05) is 6.07 Å². The topological polar surface area (TPSA) is 49.3 Å². The Morgan fingerprint density at radius 1 is 1.56 bits per heavy atom. The number of nitrogens with one attached hydrogen (secondary N) is 1. The average Bonchev–Trinajstić information content (AvgIpc) is 2.96. The number of amides is 1. The van der Waals surface area contributed by atoms with Gasteiger partial charge >= 0.3 is 0 Å². The molecule has 4 heteroatoms. The van der Waals surface area contributed by atoms with Crippen LogP contribution >= 0.6 is 11.3 Å². The molecule has 0 saturated heterocycles. The summed E-state index contributed by atoms with van der Waals surface area (Å²) in [7, 11) is 0. The van der Waals surface area contributed by atoms with Crippen molar-refractivity contribution < 1.29 is 9.90 Å². The molecule has 2 unspecified atom stereocenters. The standard InChI is InChI=1S/C14H21NO2S/c1-14(2,12-7-4-8-18-12)9-15-13(17)10-5-3-6-11(10)16/h4,7-8,10-11,16H,3,5-6,9H2,1-2H3,(H,15,17). The van der Waals surface area contributed by atoms with Crippen molar-refractivity contribution >= 4 is 17.2 Å². The second-order valence-corrected chi connectivity index (χ2v) is 6.63. The van der Waals surface area contributed by atoms with Crippen molar-refractivity contribution in [2.24, 2.45) is 5.92 Å². The van der Waals surface area contributed by atoms with E-state index in [1.54, 1.807) is 11.3 Å². The fourth-order valence-electron chi connectivity index (χ4n) is 2.44. The number of aliphatic hydroxyl groups is 1. The lowest BCUT2D eigenvalue weighted by molar-refractivity contribution is -0.127. The van der Waals surface area contributed by atoms with Crippen LogP contribution in [0.5, 0.6) is 0 Å². The largest absolute Gasteiger partial charge is 0.392 e. The van der Waals surface area contributed by atoms with Gasteiger partial charge in [0, 0.05) is 16.8 Å². The van der Waals surface area contributed by atoms with Crippen LogP contribution in [0.15, 0.2) is 17.5 Å². The summed E-state index contributed by atoms with van der Waals surface area (Å²) < 4.78 is 0. The maximum Gasteiger partial charge on any atom is 0.225 e. The number of rotatable bonds is 4. The Hall–Kier alpha value is -0.870. The minimum atomic E-state index is -0.449. The molecule has 1 amide bonds. The van der Waals surface area contributed by atoms with Crippen LogP contribution < -0.4 is 5.32 Å². The van der Waals surface area contributed by atoms with Gasteiger partial charge in [-0.1, -0.05) is 19.9 Å². The van der Waals surface area contributed by atoms with Crippen LogP contribution in [-0.2, 0) is 10.2 Å². The third kappa shape index (κ3) is 2.93. The zero-order chi connectivity index (χ0) is 13.2. The molecule has 1 aliphatic carbocycles. The molecule has 1 aromatic rings. The van der Waals surface area contributed by atoms with E-state index in [-0.39, 0.29) is 17.2 Å². The van der Waals surface area contributed by atoms with Crippen LogP contribution in [0.4, 0.5) is 0 Å². The summed E-state index contributed by atoms with van der Waals surface area (Å²) >= 11 is 1.71. The van der Waals surface area contributed by atoms with Crippen LogP contribution in [0.25, 0.3) is 0 Å². The van der Waals surface area contributed by atoms with E-state index in [2.05, 4.69) is 30.6 Å². The first-order valence-corrected chi connectivity index (χ1v) is 7.38. The van der Waals surface area contributed by atoms with E-state index in [0.717, 1.165) is 19.3 Å². The summed E-state index contributed by atoms with van der Waals surface area (Å²) in [5, 5.41) is 14.8. The lowest BCUT2D eigenvalue weighted by Crippen LogP contribution is -2.41. The van der Waals surface area contributed by atoms with Crippen molar-refractivity contribution in [3.8, 4) is 0 Å². The molecule has 2 N–H and O–H groups in total. The predicted octanol–water partition coefficient (Wildman–Crippen LogP) is 2.30. The van der Waals surface area contributed by atoms with Crippen molar-refractivity contribution in [2.45, 2.75) is 44.6 Å². The summed E-state index contributed by atoms with van der Waals surface area (Å²) in [6.07, 6.45) is 2.07. The van der Waals surface area contributed by atoms with Crippen molar-refractivity contribution in [1.29, 1.82) is 0 Å². The Balaban J connectivity index is 1.89. The van der Waals surface area contributed by atoms with Gasteiger partial charge in [0.05, 0.1) is 12.0 Å². The van der Waals surface area contributed by atoms with E-state index in [0.29, 0.717) is 6.54 Å². The number of hydrogen-bond donors (Lipinski definition) is 2. The van der Waals surface area contributed by atoms with Crippen LogP contribution in [0.2, 0.25) is 0 Å². The Kier molecular flexibility index (Phi) is 4.07. The van der Waals surface area contributed by atoms with E-state index in [1.165, 1.54) is 4.88 Å². The average molecular weight is 267 g/mol. The number of carbonyl (C=O) groups is 1. The summed E-state index contributed by atoms with van der Waals surface area (Å²) in [5.41, 5.74) is -0.0482. The number of aliphatic hydroxyl groups excluding tert-OH is 1. The highest BCUT2D eigenvalue weighted by Gasteiger charge is 2.32. The van der Waals surface area contributed by atoms with Gasteiger partial charge < -0.3 is 10.4 Å². The normalized spacial score (nSPS) is 24.2. The highest BCUT2D eigenvalue weighted by Crippen LogP contribution is 2.28. The lowest BCUT2D eigenvalue weighted by Gasteiger charge is -2.25. The van der Waals surface area contributed by atoms with Gasteiger partial charge in [0.1, 0.15) is 0 Å². The number of thiophene rings is 1. The maximum absolute atomic E-state index is 12.0. The first-order chi connectivity index (χ1) is 8.50. The molecule has 0 spiro atoms. The van der Waals surface area contributed by atoms with Crippen LogP contribution in [-0.4, -0.2) is 23.7 Å². The number of carbonyl (C=O) groups excluding carboxylic acids is 1. The first-order valence-electron chi connectivity index (χ1n) is 6.50. The molecule has 0 aliphatic heterocycles. The summed E-state index contributed by atoms with van der Waals surface area (Å²) in [4.78, 5) is 13.3. The van der Waals surface area contributed by atoms with Crippen molar-refractivity contribution in [1.82, 2.24) is 5.32 Å². The highest BCUT2D eigenvalue weighted by molar-refractivity contribution is 7.10. The minimum Gasteiger partial charge on any atom is -0.392 e. The first kappa shape index (κ1) is 13.6. The smallest absolute Gasteiger partial charge is 0.225 e. The molecule has 100 valence electrons.